The van der Waals surface area contributed by atoms with Crippen LogP contribution in [0, 0.1) is 36.0 Å². The lowest BCUT2D eigenvalue weighted by Gasteiger charge is -2.64. The lowest BCUT2D eigenvalue weighted by molar-refractivity contribution is -0.199. The molecule has 0 unspecified atom stereocenters. The van der Waals surface area contributed by atoms with Crippen molar-refractivity contribution in [2.75, 3.05) is 13.1 Å². The average molecular weight is 815 g/mol. The number of carbonyl (C=O) groups is 5. The van der Waals surface area contributed by atoms with Crippen molar-refractivity contribution in [3.63, 3.8) is 0 Å². The number of aliphatic hydroxyl groups excluding tert-OH is 1. The fourth-order valence-corrected chi connectivity index (χ4v) is 9.55. The maximum atomic E-state index is 13.8. The third kappa shape index (κ3) is 10.8. The number of aliphatic hydroxyl groups is 1. The van der Waals surface area contributed by atoms with Crippen LogP contribution in [-0.2, 0) is 28.5 Å². The number of hydrogen-bond acceptors (Lipinski definition) is 10. The lowest BCUT2D eigenvalue weighted by atomic mass is 9.43. The van der Waals surface area contributed by atoms with E-state index in [0.29, 0.717) is 43.2 Å². The number of benzene rings is 2. The number of ketones is 3. The van der Waals surface area contributed by atoms with E-state index in [9.17, 15) is 29.1 Å². The molecule has 12 nitrogen and oxygen atoms in total. The Kier molecular flexibility index (Phi) is 15.5. The highest BCUT2D eigenvalue weighted by Crippen LogP contribution is 2.66. The molecule has 2 bridgehead atoms. The Morgan fingerprint density at radius 3 is 2.05 bits per heavy atom. The minimum Gasteiger partial charge on any atom is -0.405 e. The van der Waals surface area contributed by atoms with Crippen molar-refractivity contribution < 1.29 is 38.4 Å². The first-order valence-electron chi connectivity index (χ1n) is 21.7. The number of nitrogens with one attached hydrogen (secondary N) is 2. The van der Waals surface area contributed by atoms with Gasteiger partial charge in [-0.1, -0.05) is 81.8 Å². The van der Waals surface area contributed by atoms with Gasteiger partial charge < -0.3 is 36.5 Å². The number of unbranched alkanes of at least 4 members (excludes halogenated alkanes) is 1. The van der Waals surface area contributed by atoms with E-state index in [2.05, 4.69) is 31.4 Å². The van der Waals surface area contributed by atoms with Crippen LogP contribution in [0.5, 0.6) is 0 Å². The summed E-state index contributed by atoms with van der Waals surface area (Å²) in [4.78, 5) is 67.8. The topological polar surface area (TPSA) is 200 Å². The molecule has 2 aromatic rings. The van der Waals surface area contributed by atoms with Crippen LogP contribution in [0.2, 0.25) is 5.82 Å². The molecule has 4 fully saturated rings. The van der Waals surface area contributed by atoms with Crippen LogP contribution >= 0.6 is 0 Å². The smallest absolute Gasteiger partial charge is 0.405 e. The van der Waals surface area contributed by atoms with Crippen LogP contribution < -0.4 is 22.1 Å². The van der Waals surface area contributed by atoms with E-state index in [1.165, 1.54) is 6.92 Å². The molecule has 3 aliphatic carbocycles. The predicted molar refractivity (Wildman–Crippen MR) is 229 cm³/mol. The van der Waals surface area contributed by atoms with Gasteiger partial charge in [0.2, 0.25) is 11.8 Å². The van der Waals surface area contributed by atoms with Crippen molar-refractivity contribution in [1.29, 1.82) is 0 Å². The summed E-state index contributed by atoms with van der Waals surface area (Å²) in [5.41, 5.74) is 15.0. The third-order valence-electron chi connectivity index (χ3n) is 13.6. The van der Waals surface area contributed by atoms with Crippen LogP contribution in [0.15, 0.2) is 48.5 Å². The molecule has 0 aromatic heterocycles. The summed E-state index contributed by atoms with van der Waals surface area (Å²) in [5.74, 6) is -2.95. The number of rotatable bonds is 22. The van der Waals surface area contributed by atoms with Gasteiger partial charge in [0, 0.05) is 36.7 Å². The van der Waals surface area contributed by atoms with Gasteiger partial charge >= 0.3 is 7.12 Å². The summed E-state index contributed by atoms with van der Waals surface area (Å²) in [5, 5.41) is 16.2. The number of Topliss-reactive ketones (excluding diaryl/α,β-unsaturated/α-hetero) is 3. The van der Waals surface area contributed by atoms with Crippen molar-refractivity contribution in [2.24, 2.45) is 40.6 Å². The fourth-order valence-electron chi connectivity index (χ4n) is 9.55. The molecule has 1 heterocycles. The monoisotopic (exact) mass is 815 g/mol. The summed E-state index contributed by atoms with van der Waals surface area (Å²) in [7, 11) is -0.521. The van der Waals surface area contributed by atoms with Crippen molar-refractivity contribution in [3.8, 4) is 11.1 Å². The molecular formula is C46H67BN4O8. The zero-order chi connectivity index (χ0) is 43.2. The van der Waals surface area contributed by atoms with Crippen molar-refractivity contribution >= 4 is 36.3 Å². The average Bonchev–Trinajstić information content (AvgIpc) is 3.57. The highest BCUT2D eigenvalue weighted by molar-refractivity contribution is 6.47. The second kappa shape index (κ2) is 19.8. The number of aryl methyl sites for hydroxylation is 1. The molecule has 0 radical (unpaired) electrons. The second-order valence-electron chi connectivity index (χ2n) is 18.5. The summed E-state index contributed by atoms with van der Waals surface area (Å²) in [6.07, 6.45) is 2.41. The summed E-state index contributed by atoms with van der Waals surface area (Å²) < 4.78 is 13.0. The Labute approximate surface area is 350 Å². The largest absolute Gasteiger partial charge is 0.461 e. The van der Waals surface area contributed by atoms with E-state index < -0.39 is 60.3 Å². The number of carbonyl (C=O) groups excluding carboxylic acids is 5. The number of hydrogen-bond donors (Lipinski definition) is 5. The fraction of sp³-hybridized carbons (Fsp3) is 0.630. The first kappa shape index (κ1) is 46.3. The molecule has 322 valence electrons. The molecule has 59 heavy (non-hydrogen) atoms. The SMILES string of the molecule is Cc1ccc(-c2ccc(C(=O)C[C@@H](CCN)C(=O)N[C@H](C(=O)C[C@@H](C)C(=O)N[C@@H](CCCCN)C(=O)C[C@@H](C)B3O[C@@H]4C[C@@H]5C[C@@H](C5(C)C)[C@]4(C)O3)[C@@H](C)O)cc2)cc1. The molecule has 4 aliphatic rings. The summed E-state index contributed by atoms with van der Waals surface area (Å²) >= 11 is 0. The van der Waals surface area contributed by atoms with Crippen LogP contribution in [0.1, 0.15) is 115 Å². The Morgan fingerprint density at radius 1 is 0.814 bits per heavy atom. The first-order chi connectivity index (χ1) is 27.9. The van der Waals surface area contributed by atoms with E-state index in [1.54, 1.807) is 19.1 Å². The van der Waals surface area contributed by atoms with Crippen LogP contribution in [0.25, 0.3) is 11.1 Å². The van der Waals surface area contributed by atoms with E-state index in [1.807, 2.05) is 50.2 Å². The van der Waals surface area contributed by atoms with E-state index in [0.717, 1.165) is 29.5 Å². The van der Waals surface area contributed by atoms with E-state index in [4.69, 9.17) is 20.8 Å². The van der Waals surface area contributed by atoms with E-state index in [-0.39, 0.29) is 61.1 Å². The molecule has 10 atom stereocenters. The maximum absolute atomic E-state index is 13.8. The molecule has 13 heteroatoms. The first-order valence-corrected chi connectivity index (χ1v) is 21.7. The summed E-state index contributed by atoms with van der Waals surface area (Å²) in [6, 6.07) is 13.1. The van der Waals surface area contributed by atoms with Crippen molar-refractivity contribution in [2.45, 2.75) is 142 Å². The second-order valence-corrected chi connectivity index (χ2v) is 18.5. The number of amides is 2. The number of nitrogens with two attached hydrogens (primary N) is 2. The highest BCUT2D eigenvalue weighted by Gasteiger charge is 2.68. The molecule has 2 aromatic carbocycles. The molecule has 1 aliphatic heterocycles. The maximum Gasteiger partial charge on any atom is 0.461 e. The van der Waals surface area contributed by atoms with Gasteiger partial charge in [0.15, 0.2) is 17.3 Å². The molecule has 0 spiro atoms. The van der Waals surface area contributed by atoms with Gasteiger partial charge in [-0.3, -0.25) is 24.0 Å². The van der Waals surface area contributed by atoms with Crippen molar-refractivity contribution in [1.82, 2.24) is 10.6 Å². The van der Waals surface area contributed by atoms with Crippen molar-refractivity contribution in [3.05, 3.63) is 59.7 Å². The molecule has 7 N–H and O–H groups in total. The van der Waals surface area contributed by atoms with Crippen LogP contribution in [0.3, 0.4) is 0 Å². The Balaban J connectivity index is 1.15. The zero-order valence-electron chi connectivity index (χ0n) is 36.1. The van der Waals surface area contributed by atoms with Gasteiger partial charge in [-0.25, -0.2) is 0 Å². The quantitative estimate of drug-likeness (QED) is 0.0587. The van der Waals surface area contributed by atoms with Crippen LogP contribution in [0.4, 0.5) is 0 Å². The molecule has 1 saturated heterocycles. The molecule has 3 saturated carbocycles. The minimum absolute atomic E-state index is 0.00224. The Morgan fingerprint density at radius 2 is 1.46 bits per heavy atom. The lowest BCUT2D eigenvalue weighted by Crippen LogP contribution is -2.65. The molecular weight excluding hydrogens is 747 g/mol. The van der Waals surface area contributed by atoms with Gasteiger partial charge in [-0.05, 0) is 107 Å². The van der Waals surface area contributed by atoms with Crippen LogP contribution in [-0.4, -0.2) is 84.4 Å². The Hall–Kier alpha value is -3.75. The predicted octanol–water partition coefficient (Wildman–Crippen LogP) is 5.35. The highest BCUT2D eigenvalue weighted by atomic mass is 16.7. The molecule has 6 rings (SSSR count). The van der Waals surface area contributed by atoms with Gasteiger partial charge in [0.25, 0.3) is 0 Å². The normalized spacial score (nSPS) is 24.7. The third-order valence-corrected chi connectivity index (χ3v) is 13.6. The van der Waals surface area contributed by atoms with Gasteiger partial charge in [-0.15, -0.1) is 0 Å². The van der Waals surface area contributed by atoms with Gasteiger partial charge in [0.05, 0.1) is 23.9 Å². The molecule has 2 amide bonds. The minimum atomic E-state index is -1.32. The summed E-state index contributed by atoms with van der Waals surface area (Å²) in [6.45, 7) is 14.3. The van der Waals surface area contributed by atoms with Gasteiger partial charge in [-0.2, -0.15) is 0 Å². The standard InChI is InChI=1S/C46H67BN4O8/c1-27-11-13-31(14-12-27)32-15-17-33(18-16-32)37(53)24-34(19-21-49)44(57)51-42(30(4)52)39(55)22-28(2)43(56)50-36(10-8-9-20-48)38(54)23-29(3)47-58-41-26-35-25-40(45(35,5)6)46(41,7)59-47/h11-18,28-30,34-36,40-42,52H,8-10,19-26,48-49H2,1-7H3,(H,50,56)(H,51,57)/t28-,29-,30-,34-,35+,36+,40+,41-,42+,46+/m1/s1. The zero-order valence-corrected chi connectivity index (χ0v) is 36.1. The Bertz CT molecular complexity index is 1800. The van der Waals surface area contributed by atoms with Gasteiger partial charge in [0.1, 0.15) is 6.04 Å². The van der Waals surface area contributed by atoms with E-state index >= 15 is 0 Å².